The number of nitrogens with one attached hydrogen (secondary N) is 1. The number of pyridine rings is 1. The Morgan fingerprint density at radius 1 is 1.08 bits per heavy atom. The lowest BCUT2D eigenvalue weighted by Crippen LogP contribution is -2.20. The van der Waals surface area contributed by atoms with E-state index in [0.717, 1.165) is 5.56 Å². The zero-order chi connectivity index (χ0) is 16.9. The molecular formula is C16H14N6O2. The molecule has 2 heterocycles. The van der Waals surface area contributed by atoms with E-state index in [4.69, 9.17) is 0 Å². The van der Waals surface area contributed by atoms with Gasteiger partial charge in [-0.25, -0.2) is 0 Å². The van der Waals surface area contributed by atoms with Gasteiger partial charge < -0.3 is 5.32 Å². The number of hydrogen-bond acceptors (Lipinski definition) is 6. The largest absolute Gasteiger partial charge is 0.324 e. The van der Waals surface area contributed by atoms with Gasteiger partial charge in [0.15, 0.2) is 5.78 Å². The highest BCUT2D eigenvalue weighted by atomic mass is 16.2. The van der Waals surface area contributed by atoms with Crippen molar-refractivity contribution < 1.29 is 9.59 Å². The molecule has 1 amide bonds. The van der Waals surface area contributed by atoms with Crippen LogP contribution in [-0.4, -0.2) is 36.9 Å². The summed E-state index contributed by atoms with van der Waals surface area (Å²) in [5.41, 5.74) is 1.96. The first-order valence-electron chi connectivity index (χ1n) is 7.21. The zero-order valence-corrected chi connectivity index (χ0v) is 12.9. The van der Waals surface area contributed by atoms with Crippen LogP contribution in [0.2, 0.25) is 0 Å². The number of carbonyl (C=O) groups excluding carboxylic acids is 2. The number of aromatic nitrogens is 5. The maximum Gasteiger partial charge on any atom is 0.248 e. The van der Waals surface area contributed by atoms with Crippen LogP contribution in [0.4, 0.5) is 5.69 Å². The molecule has 3 aromatic rings. The molecule has 3 rings (SSSR count). The number of rotatable bonds is 5. The zero-order valence-electron chi connectivity index (χ0n) is 12.9. The number of benzene rings is 1. The maximum absolute atomic E-state index is 12.0. The van der Waals surface area contributed by atoms with E-state index >= 15 is 0 Å². The van der Waals surface area contributed by atoms with Crippen molar-refractivity contribution in [2.45, 2.75) is 13.5 Å². The molecule has 0 unspecified atom stereocenters. The number of tetrazole rings is 1. The predicted molar refractivity (Wildman–Crippen MR) is 86.1 cm³/mol. The van der Waals surface area contributed by atoms with E-state index in [2.05, 4.69) is 25.7 Å². The van der Waals surface area contributed by atoms with Gasteiger partial charge in [-0.05, 0) is 48.5 Å². The van der Waals surface area contributed by atoms with Gasteiger partial charge in [0.2, 0.25) is 11.7 Å². The molecule has 0 radical (unpaired) electrons. The van der Waals surface area contributed by atoms with Crippen molar-refractivity contribution in [1.82, 2.24) is 25.2 Å². The number of ketones is 1. The van der Waals surface area contributed by atoms with Gasteiger partial charge in [0, 0.05) is 29.2 Å². The topological polar surface area (TPSA) is 103 Å². The van der Waals surface area contributed by atoms with Crippen molar-refractivity contribution in [3.8, 4) is 11.4 Å². The monoisotopic (exact) mass is 322 g/mol. The standard InChI is InChI=1S/C16H14N6O2/c1-11(23)12-2-4-14(5-3-12)18-15(24)10-22-20-16(19-21-22)13-6-8-17-9-7-13/h2-9H,10H2,1H3,(H,18,24). The second-order valence-electron chi connectivity index (χ2n) is 5.06. The molecule has 8 nitrogen and oxygen atoms in total. The molecule has 0 spiro atoms. The van der Waals surface area contributed by atoms with Gasteiger partial charge in [-0.3, -0.25) is 14.6 Å². The molecular weight excluding hydrogens is 308 g/mol. The molecule has 0 fully saturated rings. The number of Topliss-reactive ketones (excluding diaryl/α,β-unsaturated/α-hetero) is 1. The van der Waals surface area contributed by atoms with Gasteiger partial charge in [-0.2, -0.15) is 4.80 Å². The van der Waals surface area contributed by atoms with Crippen LogP contribution in [0.3, 0.4) is 0 Å². The van der Waals surface area contributed by atoms with Crippen molar-refractivity contribution in [2.24, 2.45) is 0 Å². The maximum atomic E-state index is 12.0. The van der Waals surface area contributed by atoms with E-state index in [9.17, 15) is 9.59 Å². The summed E-state index contributed by atoms with van der Waals surface area (Å²) < 4.78 is 0. The average Bonchev–Trinajstić information content (AvgIpc) is 3.04. The van der Waals surface area contributed by atoms with Gasteiger partial charge in [0.25, 0.3) is 0 Å². The fourth-order valence-corrected chi connectivity index (χ4v) is 2.04. The van der Waals surface area contributed by atoms with E-state index in [0.29, 0.717) is 17.1 Å². The lowest BCUT2D eigenvalue weighted by molar-refractivity contribution is -0.117. The van der Waals surface area contributed by atoms with E-state index < -0.39 is 0 Å². The van der Waals surface area contributed by atoms with Crippen LogP contribution in [0.25, 0.3) is 11.4 Å². The van der Waals surface area contributed by atoms with Crippen molar-refractivity contribution in [3.63, 3.8) is 0 Å². The van der Waals surface area contributed by atoms with Gasteiger partial charge >= 0.3 is 0 Å². The molecule has 8 heteroatoms. The number of anilines is 1. The molecule has 24 heavy (non-hydrogen) atoms. The number of hydrogen-bond donors (Lipinski definition) is 1. The smallest absolute Gasteiger partial charge is 0.248 e. The minimum atomic E-state index is -0.288. The summed E-state index contributed by atoms with van der Waals surface area (Å²) in [6, 6.07) is 10.2. The quantitative estimate of drug-likeness (QED) is 0.715. The molecule has 0 aliphatic heterocycles. The minimum absolute atomic E-state index is 0.0247. The summed E-state index contributed by atoms with van der Waals surface area (Å²) in [6.07, 6.45) is 3.26. The van der Waals surface area contributed by atoms with Crippen LogP contribution in [0.5, 0.6) is 0 Å². The Balaban J connectivity index is 1.63. The van der Waals surface area contributed by atoms with Gasteiger partial charge in [-0.15, -0.1) is 10.2 Å². The first kappa shape index (κ1) is 15.5. The molecule has 0 aliphatic rings. The third-order valence-electron chi connectivity index (χ3n) is 3.25. The lowest BCUT2D eigenvalue weighted by Gasteiger charge is -2.05. The van der Waals surface area contributed by atoms with Crippen molar-refractivity contribution in [1.29, 1.82) is 0 Å². The van der Waals surface area contributed by atoms with E-state index in [1.165, 1.54) is 11.7 Å². The molecule has 0 saturated carbocycles. The fraction of sp³-hybridized carbons (Fsp3) is 0.125. The van der Waals surface area contributed by atoms with Crippen LogP contribution in [0.15, 0.2) is 48.8 Å². The Morgan fingerprint density at radius 3 is 2.46 bits per heavy atom. The van der Waals surface area contributed by atoms with Crippen molar-refractivity contribution in [3.05, 3.63) is 54.4 Å². The fourth-order valence-electron chi connectivity index (χ4n) is 2.04. The van der Waals surface area contributed by atoms with Crippen LogP contribution in [0.1, 0.15) is 17.3 Å². The first-order valence-corrected chi connectivity index (χ1v) is 7.21. The molecule has 0 aliphatic carbocycles. The molecule has 0 bridgehead atoms. The van der Waals surface area contributed by atoms with Crippen LogP contribution < -0.4 is 5.32 Å². The molecule has 120 valence electrons. The summed E-state index contributed by atoms with van der Waals surface area (Å²) in [7, 11) is 0. The van der Waals surface area contributed by atoms with E-state index in [1.807, 2.05) is 0 Å². The lowest BCUT2D eigenvalue weighted by atomic mass is 10.1. The summed E-state index contributed by atoms with van der Waals surface area (Å²) in [4.78, 5) is 28.4. The Bertz CT molecular complexity index is 858. The summed E-state index contributed by atoms with van der Waals surface area (Å²) in [6.45, 7) is 1.43. The Labute approximate surface area is 137 Å². The molecule has 1 N–H and O–H groups in total. The average molecular weight is 322 g/mol. The SMILES string of the molecule is CC(=O)c1ccc(NC(=O)Cn2nnc(-c3ccncc3)n2)cc1. The Hall–Kier alpha value is -3.42. The van der Waals surface area contributed by atoms with Crippen LogP contribution >= 0.6 is 0 Å². The van der Waals surface area contributed by atoms with Gasteiger partial charge in [-0.1, -0.05) is 0 Å². The predicted octanol–water partition coefficient (Wildman–Crippen LogP) is 1.58. The molecule has 0 saturated heterocycles. The van der Waals surface area contributed by atoms with E-state index in [-0.39, 0.29) is 18.2 Å². The summed E-state index contributed by atoms with van der Waals surface area (Å²) >= 11 is 0. The number of nitrogens with zero attached hydrogens (tertiary/aromatic N) is 5. The summed E-state index contributed by atoms with van der Waals surface area (Å²) in [5.74, 6) is 0.114. The second kappa shape index (κ2) is 6.78. The third kappa shape index (κ3) is 3.67. The second-order valence-corrected chi connectivity index (χ2v) is 5.06. The molecule has 1 aromatic carbocycles. The first-order chi connectivity index (χ1) is 11.6. The van der Waals surface area contributed by atoms with Gasteiger partial charge in [0.1, 0.15) is 6.54 Å². The van der Waals surface area contributed by atoms with Gasteiger partial charge in [0.05, 0.1) is 0 Å². The molecule has 2 aromatic heterocycles. The Kier molecular flexibility index (Phi) is 4.37. The van der Waals surface area contributed by atoms with Crippen molar-refractivity contribution >= 4 is 17.4 Å². The highest BCUT2D eigenvalue weighted by molar-refractivity contribution is 5.95. The van der Waals surface area contributed by atoms with Crippen LogP contribution in [0, 0.1) is 0 Å². The molecule has 0 atom stereocenters. The normalized spacial score (nSPS) is 10.4. The van der Waals surface area contributed by atoms with Crippen molar-refractivity contribution in [2.75, 3.05) is 5.32 Å². The highest BCUT2D eigenvalue weighted by Gasteiger charge is 2.09. The van der Waals surface area contributed by atoms with E-state index in [1.54, 1.807) is 48.8 Å². The third-order valence-corrected chi connectivity index (χ3v) is 3.25. The summed E-state index contributed by atoms with van der Waals surface area (Å²) in [5, 5.41) is 14.7. The van der Waals surface area contributed by atoms with Crippen LogP contribution in [-0.2, 0) is 11.3 Å². The minimum Gasteiger partial charge on any atom is -0.324 e. The number of amides is 1. The Morgan fingerprint density at radius 2 is 1.79 bits per heavy atom. The highest BCUT2D eigenvalue weighted by Crippen LogP contribution is 2.12. The number of carbonyl (C=O) groups is 2.